The average Bonchev–Trinajstić information content (AvgIpc) is 2.91. The summed E-state index contributed by atoms with van der Waals surface area (Å²) in [5, 5.41) is 3.18. The van der Waals surface area contributed by atoms with Gasteiger partial charge in [-0.3, -0.25) is 0 Å². The third-order valence-electron chi connectivity index (χ3n) is 2.65. The fraction of sp³-hybridized carbons (Fsp3) is 0.308. The molecule has 0 spiro atoms. The highest BCUT2D eigenvalue weighted by Crippen LogP contribution is 2.15. The molecule has 0 bridgehead atoms. The molecule has 1 heterocycles. The summed E-state index contributed by atoms with van der Waals surface area (Å²) in [6.45, 7) is 1.83. The molecule has 1 aromatic carbocycles. The first-order chi connectivity index (χ1) is 9.55. The van der Waals surface area contributed by atoms with Crippen LogP contribution in [0.2, 0.25) is 0 Å². The molecule has 7 heteroatoms. The lowest BCUT2D eigenvalue weighted by Gasteiger charge is -2.07. The van der Waals surface area contributed by atoms with Crippen molar-refractivity contribution in [3.63, 3.8) is 0 Å². The minimum Gasteiger partial charge on any atom is -0.492 e. The zero-order valence-electron chi connectivity index (χ0n) is 11.2. The van der Waals surface area contributed by atoms with Crippen LogP contribution in [0, 0.1) is 0 Å². The summed E-state index contributed by atoms with van der Waals surface area (Å²) in [6, 6.07) is 6.40. The maximum Gasteiger partial charge on any atom is 0.175 e. The number of aromatic nitrogens is 2. The number of ether oxygens (including phenoxy) is 1. The Labute approximate surface area is 118 Å². The number of hydrogen-bond donors (Lipinski definition) is 2. The normalized spacial score (nSPS) is 11.4. The van der Waals surface area contributed by atoms with Crippen molar-refractivity contribution in [3.8, 4) is 5.75 Å². The average molecular weight is 295 g/mol. The topological polar surface area (TPSA) is 84.1 Å². The highest BCUT2D eigenvalue weighted by molar-refractivity contribution is 7.90. The van der Waals surface area contributed by atoms with Gasteiger partial charge in [-0.05, 0) is 24.3 Å². The van der Waals surface area contributed by atoms with Crippen molar-refractivity contribution in [1.82, 2.24) is 15.3 Å². The van der Waals surface area contributed by atoms with Crippen molar-refractivity contribution in [2.24, 2.45) is 0 Å². The Morgan fingerprint density at radius 2 is 2.05 bits per heavy atom. The quantitative estimate of drug-likeness (QED) is 0.744. The van der Waals surface area contributed by atoms with Gasteiger partial charge in [0.05, 0.1) is 11.4 Å². The Kier molecular flexibility index (Phi) is 4.75. The summed E-state index contributed by atoms with van der Waals surface area (Å²) in [7, 11) is -3.15. The summed E-state index contributed by atoms with van der Waals surface area (Å²) in [5.74, 6) is 1.53. The van der Waals surface area contributed by atoms with Gasteiger partial charge in [-0.25, -0.2) is 13.4 Å². The van der Waals surface area contributed by atoms with E-state index in [0.29, 0.717) is 30.3 Å². The predicted octanol–water partition coefficient (Wildman–Crippen LogP) is 0.982. The molecule has 0 aliphatic carbocycles. The SMILES string of the molecule is CS(=O)(=O)c1ccc(OCCNCc2ncc[nH]2)cc1. The number of benzene rings is 1. The molecule has 0 amide bonds. The van der Waals surface area contributed by atoms with Crippen molar-refractivity contribution in [1.29, 1.82) is 0 Å². The number of rotatable bonds is 7. The van der Waals surface area contributed by atoms with E-state index in [0.717, 1.165) is 5.82 Å². The lowest BCUT2D eigenvalue weighted by molar-refractivity contribution is 0.313. The van der Waals surface area contributed by atoms with Gasteiger partial charge in [0.2, 0.25) is 0 Å². The molecule has 0 aliphatic rings. The van der Waals surface area contributed by atoms with Crippen LogP contribution in [0.5, 0.6) is 5.75 Å². The van der Waals surface area contributed by atoms with Crippen LogP contribution in [0.15, 0.2) is 41.6 Å². The van der Waals surface area contributed by atoms with E-state index in [-0.39, 0.29) is 0 Å². The van der Waals surface area contributed by atoms with Gasteiger partial charge in [-0.1, -0.05) is 0 Å². The Morgan fingerprint density at radius 3 is 2.65 bits per heavy atom. The second-order valence-corrected chi connectivity index (χ2v) is 6.32. The van der Waals surface area contributed by atoms with Crippen LogP contribution >= 0.6 is 0 Å². The molecule has 20 heavy (non-hydrogen) atoms. The molecule has 6 nitrogen and oxygen atoms in total. The van der Waals surface area contributed by atoms with Gasteiger partial charge in [0, 0.05) is 25.2 Å². The second-order valence-electron chi connectivity index (χ2n) is 4.30. The van der Waals surface area contributed by atoms with Crippen LogP contribution < -0.4 is 10.1 Å². The number of hydrogen-bond acceptors (Lipinski definition) is 5. The summed E-state index contributed by atoms with van der Waals surface area (Å²) >= 11 is 0. The number of nitrogens with one attached hydrogen (secondary N) is 2. The van der Waals surface area contributed by atoms with E-state index in [1.54, 1.807) is 36.7 Å². The molecule has 0 radical (unpaired) electrons. The zero-order chi connectivity index (χ0) is 14.4. The molecule has 1 aromatic heterocycles. The Bertz CT molecular complexity index is 621. The number of sulfone groups is 1. The molecule has 2 N–H and O–H groups in total. The van der Waals surface area contributed by atoms with Crippen molar-refractivity contribution in [3.05, 3.63) is 42.5 Å². The van der Waals surface area contributed by atoms with Gasteiger partial charge >= 0.3 is 0 Å². The number of H-pyrrole nitrogens is 1. The largest absolute Gasteiger partial charge is 0.492 e. The fourth-order valence-electron chi connectivity index (χ4n) is 1.63. The lowest BCUT2D eigenvalue weighted by atomic mass is 10.3. The Hall–Kier alpha value is -1.86. The third-order valence-corrected chi connectivity index (χ3v) is 3.78. The van der Waals surface area contributed by atoms with Crippen LogP contribution in [0.25, 0.3) is 0 Å². The Balaban J connectivity index is 1.72. The molecule has 0 saturated heterocycles. The molecular formula is C13H17N3O3S. The minimum atomic E-state index is -3.15. The molecule has 0 saturated carbocycles. The Morgan fingerprint density at radius 1 is 1.30 bits per heavy atom. The van der Waals surface area contributed by atoms with Crippen molar-refractivity contribution in [2.75, 3.05) is 19.4 Å². The predicted molar refractivity (Wildman–Crippen MR) is 75.3 cm³/mol. The van der Waals surface area contributed by atoms with Gasteiger partial charge in [0.1, 0.15) is 18.2 Å². The summed E-state index contributed by atoms with van der Waals surface area (Å²) < 4.78 is 28.1. The first-order valence-electron chi connectivity index (χ1n) is 6.17. The van der Waals surface area contributed by atoms with E-state index < -0.39 is 9.84 Å². The van der Waals surface area contributed by atoms with E-state index in [2.05, 4.69) is 15.3 Å². The highest BCUT2D eigenvalue weighted by atomic mass is 32.2. The van der Waals surface area contributed by atoms with Crippen LogP contribution in [0.1, 0.15) is 5.82 Å². The van der Waals surface area contributed by atoms with Gasteiger partial charge < -0.3 is 15.0 Å². The molecular weight excluding hydrogens is 278 g/mol. The molecule has 108 valence electrons. The molecule has 2 aromatic rings. The van der Waals surface area contributed by atoms with Gasteiger partial charge in [0.15, 0.2) is 9.84 Å². The molecule has 2 rings (SSSR count). The van der Waals surface area contributed by atoms with Crippen LogP contribution in [0.3, 0.4) is 0 Å². The van der Waals surface area contributed by atoms with Crippen molar-refractivity contribution < 1.29 is 13.2 Å². The van der Waals surface area contributed by atoms with E-state index in [1.165, 1.54) is 6.26 Å². The second kappa shape index (κ2) is 6.53. The summed E-state index contributed by atoms with van der Waals surface area (Å²) in [4.78, 5) is 7.38. The standard InChI is InChI=1S/C13H17N3O3S/c1-20(17,18)12-4-2-11(3-5-12)19-9-8-14-10-13-15-6-7-16-13/h2-7,14H,8-10H2,1H3,(H,15,16). The summed E-state index contributed by atoms with van der Waals surface area (Å²) in [5.41, 5.74) is 0. The number of imidazole rings is 1. The molecule has 0 aliphatic heterocycles. The van der Waals surface area contributed by atoms with E-state index in [4.69, 9.17) is 4.74 Å². The van der Waals surface area contributed by atoms with Crippen LogP contribution in [-0.2, 0) is 16.4 Å². The smallest absolute Gasteiger partial charge is 0.175 e. The van der Waals surface area contributed by atoms with Crippen LogP contribution in [0.4, 0.5) is 0 Å². The third kappa shape index (κ3) is 4.36. The molecule has 0 fully saturated rings. The first kappa shape index (κ1) is 14.5. The van der Waals surface area contributed by atoms with E-state index in [9.17, 15) is 8.42 Å². The highest BCUT2D eigenvalue weighted by Gasteiger charge is 2.06. The first-order valence-corrected chi connectivity index (χ1v) is 8.07. The minimum absolute atomic E-state index is 0.292. The molecule has 0 unspecified atom stereocenters. The molecule has 0 atom stereocenters. The van der Waals surface area contributed by atoms with E-state index in [1.807, 2.05) is 0 Å². The summed E-state index contributed by atoms with van der Waals surface area (Å²) in [6.07, 6.45) is 4.66. The number of aromatic amines is 1. The lowest BCUT2D eigenvalue weighted by Crippen LogP contribution is -2.21. The van der Waals surface area contributed by atoms with Crippen LogP contribution in [-0.4, -0.2) is 37.8 Å². The fourth-order valence-corrected chi connectivity index (χ4v) is 2.26. The van der Waals surface area contributed by atoms with Crippen molar-refractivity contribution >= 4 is 9.84 Å². The van der Waals surface area contributed by atoms with Gasteiger partial charge in [-0.15, -0.1) is 0 Å². The van der Waals surface area contributed by atoms with Gasteiger partial charge in [-0.2, -0.15) is 0 Å². The maximum absolute atomic E-state index is 11.3. The van der Waals surface area contributed by atoms with Crippen molar-refractivity contribution in [2.45, 2.75) is 11.4 Å². The number of nitrogens with zero attached hydrogens (tertiary/aromatic N) is 1. The van der Waals surface area contributed by atoms with Gasteiger partial charge in [0.25, 0.3) is 0 Å². The zero-order valence-corrected chi connectivity index (χ0v) is 12.0. The van der Waals surface area contributed by atoms with E-state index >= 15 is 0 Å². The monoisotopic (exact) mass is 295 g/mol. The maximum atomic E-state index is 11.3.